The van der Waals surface area contributed by atoms with Gasteiger partial charge in [-0.1, -0.05) is 54.6 Å². The summed E-state index contributed by atoms with van der Waals surface area (Å²) >= 11 is 0. The van der Waals surface area contributed by atoms with Gasteiger partial charge in [0.1, 0.15) is 5.75 Å². The molecule has 0 bridgehead atoms. The lowest BCUT2D eigenvalue weighted by molar-refractivity contribution is 0.338. The summed E-state index contributed by atoms with van der Waals surface area (Å²) in [6.07, 6.45) is 5.85. The van der Waals surface area contributed by atoms with Crippen LogP contribution in [0.3, 0.4) is 0 Å². The van der Waals surface area contributed by atoms with E-state index < -0.39 is 0 Å². The molecule has 0 saturated heterocycles. The molecule has 1 N–H and O–H groups in total. The smallest absolute Gasteiger partial charge is 0.119 e. The topological polar surface area (TPSA) is 21.3 Å². The van der Waals surface area contributed by atoms with Crippen LogP contribution in [0.5, 0.6) is 5.75 Å². The third kappa shape index (κ3) is 2.40. The van der Waals surface area contributed by atoms with E-state index in [0.29, 0.717) is 24.5 Å². The highest BCUT2D eigenvalue weighted by Gasteiger charge is 2.38. The first-order valence-electron chi connectivity index (χ1n) is 9.53. The largest absolute Gasteiger partial charge is 0.494 e. The molecule has 0 aromatic heterocycles. The fraction of sp³-hybridized carbons (Fsp3) is 0.250. The molecule has 1 heterocycles. The van der Waals surface area contributed by atoms with E-state index in [-0.39, 0.29) is 0 Å². The molecule has 3 aromatic carbocycles. The van der Waals surface area contributed by atoms with E-state index in [0.717, 1.165) is 12.2 Å². The Hall–Kier alpha value is -2.74. The summed E-state index contributed by atoms with van der Waals surface area (Å²) in [6, 6.07) is 22.2. The maximum Gasteiger partial charge on any atom is 0.119 e. The third-order valence-electron chi connectivity index (χ3n) is 5.80. The van der Waals surface area contributed by atoms with E-state index in [1.165, 1.54) is 27.6 Å². The second-order valence-electron chi connectivity index (χ2n) is 7.23. The molecular weight excluding hydrogens is 318 g/mol. The molecule has 1 aliphatic carbocycles. The number of fused-ring (bicyclic) bond motifs is 4. The number of ether oxygens (including phenoxy) is 1. The predicted molar refractivity (Wildman–Crippen MR) is 108 cm³/mol. The number of hydrogen-bond donors (Lipinski definition) is 1. The van der Waals surface area contributed by atoms with E-state index in [1.54, 1.807) is 0 Å². The van der Waals surface area contributed by atoms with Crippen LogP contribution >= 0.6 is 0 Å². The van der Waals surface area contributed by atoms with Crippen LogP contribution in [0.4, 0.5) is 5.69 Å². The van der Waals surface area contributed by atoms with Gasteiger partial charge in [0.2, 0.25) is 0 Å². The highest BCUT2D eigenvalue weighted by Crippen LogP contribution is 2.51. The number of hydrogen-bond acceptors (Lipinski definition) is 2. The molecule has 2 aliphatic rings. The lowest BCUT2D eigenvalue weighted by Crippen LogP contribution is -2.29. The zero-order valence-electron chi connectivity index (χ0n) is 15.0. The van der Waals surface area contributed by atoms with E-state index in [2.05, 4.69) is 78.1 Å². The van der Waals surface area contributed by atoms with E-state index in [9.17, 15) is 0 Å². The molecule has 0 radical (unpaired) electrons. The van der Waals surface area contributed by atoms with Crippen molar-refractivity contribution in [1.29, 1.82) is 0 Å². The number of rotatable bonds is 3. The number of nitrogens with one attached hydrogen (secondary N) is 1. The van der Waals surface area contributed by atoms with Crippen LogP contribution in [-0.2, 0) is 0 Å². The van der Waals surface area contributed by atoms with Crippen molar-refractivity contribution in [3.63, 3.8) is 0 Å². The minimum atomic E-state index is 0.326. The Morgan fingerprint density at radius 1 is 1.00 bits per heavy atom. The Labute approximate surface area is 154 Å². The van der Waals surface area contributed by atoms with Crippen molar-refractivity contribution in [3.8, 4) is 5.75 Å². The Morgan fingerprint density at radius 3 is 2.81 bits per heavy atom. The summed E-state index contributed by atoms with van der Waals surface area (Å²) in [5, 5.41) is 6.52. The lowest BCUT2D eigenvalue weighted by Gasteiger charge is -2.38. The highest BCUT2D eigenvalue weighted by atomic mass is 16.5. The van der Waals surface area contributed by atoms with E-state index in [1.807, 2.05) is 6.92 Å². The van der Waals surface area contributed by atoms with Gasteiger partial charge in [0.25, 0.3) is 0 Å². The molecule has 3 atom stereocenters. The molecule has 2 heteroatoms. The zero-order valence-corrected chi connectivity index (χ0v) is 15.0. The maximum atomic E-state index is 5.74. The Balaban J connectivity index is 1.62. The third-order valence-corrected chi connectivity index (χ3v) is 5.80. The molecule has 0 spiro atoms. The van der Waals surface area contributed by atoms with Gasteiger partial charge in [-0.05, 0) is 59.4 Å². The first-order chi connectivity index (χ1) is 12.8. The Morgan fingerprint density at radius 2 is 1.88 bits per heavy atom. The van der Waals surface area contributed by atoms with Crippen LogP contribution in [-0.4, -0.2) is 6.61 Å². The van der Waals surface area contributed by atoms with E-state index >= 15 is 0 Å². The normalized spacial score (nSPS) is 23.3. The van der Waals surface area contributed by atoms with Gasteiger partial charge in [-0.3, -0.25) is 0 Å². The first kappa shape index (κ1) is 15.5. The molecule has 3 aromatic rings. The van der Waals surface area contributed by atoms with Gasteiger partial charge in [-0.2, -0.15) is 0 Å². The second kappa shape index (κ2) is 6.21. The second-order valence-corrected chi connectivity index (χ2v) is 7.23. The summed E-state index contributed by atoms with van der Waals surface area (Å²) in [4.78, 5) is 0. The van der Waals surface area contributed by atoms with Gasteiger partial charge in [0, 0.05) is 11.6 Å². The van der Waals surface area contributed by atoms with Crippen molar-refractivity contribution in [1.82, 2.24) is 0 Å². The predicted octanol–water partition coefficient (Wildman–Crippen LogP) is 6.07. The van der Waals surface area contributed by atoms with E-state index in [4.69, 9.17) is 4.74 Å². The van der Waals surface area contributed by atoms with Gasteiger partial charge in [0.15, 0.2) is 0 Å². The van der Waals surface area contributed by atoms with Crippen molar-refractivity contribution in [2.75, 3.05) is 11.9 Å². The van der Waals surface area contributed by atoms with Crippen molar-refractivity contribution in [2.45, 2.75) is 25.3 Å². The summed E-state index contributed by atoms with van der Waals surface area (Å²) in [5.74, 6) is 1.97. The summed E-state index contributed by atoms with van der Waals surface area (Å²) in [7, 11) is 0. The molecule has 0 unspecified atom stereocenters. The van der Waals surface area contributed by atoms with Crippen LogP contribution in [0.2, 0.25) is 0 Å². The zero-order chi connectivity index (χ0) is 17.5. The van der Waals surface area contributed by atoms with Crippen LogP contribution in [0.15, 0.2) is 72.8 Å². The molecule has 0 saturated carbocycles. The van der Waals surface area contributed by atoms with Crippen molar-refractivity contribution >= 4 is 16.5 Å². The monoisotopic (exact) mass is 341 g/mol. The SMILES string of the molecule is CCOc1ccc2c(c1)[C@@H]1C=CC[C@@H]1[C@H](c1cccc3ccccc13)N2. The molecule has 0 fully saturated rings. The van der Waals surface area contributed by atoms with Crippen molar-refractivity contribution in [3.05, 3.63) is 83.9 Å². The van der Waals surface area contributed by atoms with Crippen LogP contribution < -0.4 is 10.1 Å². The minimum Gasteiger partial charge on any atom is -0.494 e. The molecule has 1 aliphatic heterocycles. The van der Waals surface area contributed by atoms with Crippen molar-refractivity contribution < 1.29 is 4.74 Å². The molecule has 26 heavy (non-hydrogen) atoms. The molecular formula is C24H23NO. The number of anilines is 1. The van der Waals surface area contributed by atoms with Crippen molar-refractivity contribution in [2.24, 2.45) is 5.92 Å². The molecule has 2 nitrogen and oxygen atoms in total. The highest BCUT2D eigenvalue weighted by molar-refractivity contribution is 5.86. The minimum absolute atomic E-state index is 0.326. The van der Waals surface area contributed by atoms with Crippen LogP contribution in [0, 0.1) is 5.92 Å². The average molecular weight is 341 g/mol. The Bertz CT molecular complexity index is 985. The Kier molecular flexibility index (Phi) is 3.70. The number of allylic oxidation sites excluding steroid dienone is 2. The fourth-order valence-electron chi connectivity index (χ4n) is 4.66. The maximum absolute atomic E-state index is 5.74. The first-order valence-corrected chi connectivity index (χ1v) is 9.53. The van der Waals surface area contributed by atoms with Gasteiger partial charge in [-0.25, -0.2) is 0 Å². The van der Waals surface area contributed by atoms with Gasteiger partial charge in [-0.15, -0.1) is 0 Å². The van der Waals surface area contributed by atoms with Crippen LogP contribution in [0.25, 0.3) is 10.8 Å². The summed E-state index contributed by atoms with van der Waals surface area (Å²) in [6.45, 7) is 2.74. The molecule has 130 valence electrons. The quantitative estimate of drug-likeness (QED) is 0.584. The lowest BCUT2D eigenvalue weighted by atomic mass is 9.76. The molecule has 5 rings (SSSR count). The van der Waals surface area contributed by atoms with Crippen LogP contribution in [0.1, 0.15) is 36.4 Å². The van der Waals surface area contributed by atoms with Gasteiger partial charge >= 0.3 is 0 Å². The van der Waals surface area contributed by atoms with Gasteiger partial charge < -0.3 is 10.1 Å². The van der Waals surface area contributed by atoms with Gasteiger partial charge in [0.05, 0.1) is 12.6 Å². The standard InChI is InChI=1S/C24H23NO/c1-2-26-17-13-14-23-22(15-17)19-10-6-12-21(19)24(25-23)20-11-5-8-16-7-3-4-9-18(16)20/h3-11,13-15,19,21,24-25H,2,12H2,1H3/t19-,21+,24+/m1/s1. The molecule has 0 amide bonds. The summed E-state index contributed by atoms with van der Waals surface area (Å²) in [5.41, 5.74) is 4.01. The summed E-state index contributed by atoms with van der Waals surface area (Å²) < 4.78 is 5.74. The average Bonchev–Trinajstić information content (AvgIpc) is 3.18. The number of benzene rings is 3. The fourth-order valence-corrected chi connectivity index (χ4v) is 4.66.